The van der Waals surface area contributed by atoms with Gasteiger partial charge in [-0.05, 0) is 25.7 Å². The van der Waals surface area contributed by atoms with Crippen molar-refractivity contribution in [2.75, 3.05) is 12.3 Å². The van der Waals surface area contributed by atoms with Crippen molar-refractivity contribution in [2.24, 2.45) is 0 Å². The molecule has 1 fully saturated rings. The van der Waals surface area contributed by atoms with Crippen LogP contribution >= 0.6 is 0 Å². The topological polar surface area (TPSA) is 93.0 Å². The Kier molecular flexibility index (Phi) is 4.07. The zero-order valence-corrected chi connectivity index (χ0v) is 10.6. The lowest BCUT2D eigenvalue weighted by atomic mass is 10.0. The number of nitrogens with one attached hydrogen (secondary N) is 2. The zero-order chi connectivity index (χ0) is 13.0. The molecule has 1 aromatic rings. The molecular weight excluding hydrogens is 232 g/mol. The summed E-state index contributed by atoms with van der Waals surface area (Å²) in [6.45, 7) is 2.67. The van der Waals surface area contributed by atoms with E-state index >= 15 is 0 Å². The van der Waals surface area contributed by atoms with Gasteiger partial charge in [-0.2, -0.15) is 5.10 Å². The molecule has 0 radical (unpaired) electrons. The molecule has 1 saturated carbocycles. The summed E-state index contributed by atoms with van der Waals surface area (Å²) >= 11 is 0. The molecule has 1 amide bonds. The van der Waals surface area contributed by atoms with Crippen LogP contribution in [-0.4, -0.2) is 28.9 Å². The predicted molar refractivity (Wildman–Crippen MR) is 68.2 cm³/mol. The number of amides is 1. The molecule has 18 heavy (non-hydrogen) atoms. The molecule has 1 aliphatic rings. The first-order chi connectivity index (χ1) is 8.69. The van der Waals surface area contributed by atoms with Gasteiger partial charge in [0.05, 0.1) is 0 Å². The molecule has 0 aliphatic heterocycles. The minimum Gasteiger partial charge on any atom is -0.446 e. The Labute approximate surface area is 106 Å². The van der Waals surface area contributed by atoms with Crippen molar-refractivity contribution in [3.05, 3.63) is 11.8 Å². The van der Waals surface area contributed by atoms with Gasteiger partial charge in [-0.1, -0.05) is 6.92 Å². The van der Waals surface area contributed by atoms with Crippen molar-refractivity contribution in [1.82, 2.24) is 15.5 Å². The lowest BCUT2D eigenvalue weighted by molar-refractivity contribution is 0.100. The van der Waals surface area contributed by atoms with Crippen LogP contribution in [0, 0.1) is 0 Å². The molecule has 6 heteroatoms. The van der Waals surface area contributed by atoms with Crippen molar-refractivity contribution < 1.29 is 9.53 Å². The first-order valence-corrected chi connectivity index (χ1v) is 6.44. The number of rotatable bonds is 4. The second kappa shape index (κ2) is 5.75. The van der Waals surface area contributed by atoms with Gasteiger partial charge >= 0.3 is 6.09 Å². The van der Waals surface area contributed by atoms with E-state index < -0.39 is 0 Å². The number of carbonyl (C=O) groups excluding carboxylic acids is 1. The number of nitrogens with zero attached hydrogens (tertiary/aromatic N) is 1. The van der Waals surface area contributed by atoms with E-state index in [-0.39, 0.29) is 12.2 Å². The summed E-state index contributed by atoms with van der Waals surface area (Å²) in [5.41, 5.74) is 6.61. The number of hydrogen-bond acceptors (Lipinski definition) is 4. The van der Waals surface area contributed by atoms with E-state index in [2.05, 4.69) is 15.5 Å². The fourth-order valence-electron chi connectivity index (χ4n) is 2.31. The smallest absolute Gasteiger partial charge is 0.407 e. The Balaban J connectivity index is 1.80. The van der Waals surface area contributed by atoms with Crippen LogP contribution in [0.15, 0.2) is 6.07 Å². The summed E-state index contributed by atoms with van der Waals surface area (Å²) in [5, 5.41) is 9.56. The summed E-state index contributed by atoms with van der Waals surface area (Å²) in [6.07, 6.45) is 3.32. The number of aromatic nitrogens is 2. The first kappa shape index (κ1) is 12.7. The van der Waals surface area contributed by atoms with Crippen LogP contribution in [0.1, 0.15) is 44.2 Å². The lowest BCUT2D eigenvalue weighted by Gasteiger charge is -2.12. The van der Waals surface area contributed by atoms with Crippen LogP contribution in [0.4, 0.5) is 10.6 Å². The normalized spacial score (nSPS) is 22.9. The SMILES string of the molecule is CCCNC(=O)O[C@H]1CC[C@@H](c2cc(N)n[nH]2)C1. The highest BCUT2D eigenvalue weighted by Gasteiger charge is 2.29. The summed E-state index contributed by atoms with van der Waals surface area (Å²) in [4.78, 5) is 11.4. The molecule has 1 aromatic heterocycles. The van der Waals surface area contributed by atoms with Crippen LogP contribution < -0.4 is 11.1 Å². The summed E-state index contributed by atoms with van der Waals surface area (Å²) < 4.78 is 5.36. The van der Waals surface area contributed by atoms with Gasteiger partial charge in [0.1, 0.15) is 11.9 Å². The minimum absolute atomic E-state index is 0.00335. The molecule has 6 nitrogen and oxygen atoms in total. The molecular formula is C12H20N4O2. The molecule has 0 aromatic carbocycles. The second-order valence-electron chi connectivity index (χ2n) is 4.71. The van der Waals surface area contributed by atoms with Gasteiger partial charge < -0.3 is 15.8 Å². The number of carbonyl (C=O) groups is 1. The average molecular weight is 252 g/mol. The molecule has 1 aliphatic carbocycles. The third-order valence-electron chi connectivity index (χ3n) is 3.23. The van der Waals surface area contributed by atoms with E-state index in [4.69, 9.17) is 10.5 Å². The third-order valence-corrected chi connectivity index (χ3v) is 3.23. The molecule has 2 rings (SSSR count). The van der Waals surface area contributed by atoms with Crippen LogP contribution in [-0.2, 0) is 4.74 Å². The maximum atomic E-state index is 11.4. The van der Waals surface area contributed by atoms with E-state index in [0.29, 0.717) is 18.3 Å². The van der Waals surface area contributed by atoms with Gasteiger partial charge in [0.2, 0.25) is 0 Å². The number of aromatic amines is 1. The molecule has 4 N–H and O–H groups in total. The average Bonchev–Trinajstić information content (AvgIpc) is 2.95. The van der Waals surface area contributed by atoms with E-state index in [0.717, 1.165) is 31.4 Å². The number of ether oxygens (including phenoxy) is 1. The maximum Gasteiger partial charge on any atom is 0.407 e. The van der Waals surface area contributed by atoms with Crippen LogP contribution in [0.2, 0.25) is 0 Å². The van der Waals surface area contributed by atoms with E-state index in [1.54, 1.807) is 0 Å². The summed E-state index contributed by atoms with van der Waals surface area (Å²) in [5.74, 6) is 0.869. The van der Waals surface area contributed by atoms with Gasteiger partial charge in [0.15, 0.2) is 0 Å². The van der Waals surface area contributed by atoms with Crippen LogP contribution in [0.3, 0.4) is 0 Å². The Morgan fingerprint density at radius 3 is 3.17 bits per heavy atom. The molecule has 0 unspecified atom stereocenters. The van der Waals surface area contributed by atoms with E-state index in [1.807, 2.05) is 13.0 Å². The predicted octanol–water partition coefficient (Wildman–Crippen LogP) is 1.76. The number of H-pyrrole nitrogens is 1. The van der Waals surface area contributed by atoms with E-state index in [9.17, 15) is 4.79 Å². The number of nitrogen functional groups attached to an aromatic ring is 1. The Hall–Kier alpha value is -1.72. The molecule has 0 spiro atoms. The van der Waals surface area contributed by atoms with Crippen molar-refractivity contribution >= 4 is 11.9 Å². The highest BCUT2D eigenvalue weighted by atomic mass is 16.6. The summed E-state index contributed by atoms with van der Waals surface area (Å²) in [7, 11) is 0. The van der Waals surface area contributed by atoms with Gasteiger partial charge in [-0.15, -0.1) is 0 Å². The van der Waals surface area contributed by atoms with Gasteiger partial charge in [0, 0.05) is 24.2 Å². The quantitative estimate of drug-likeness (QED) is 0.761. The highest BCUT2D eigenvalue weighted by Crippen LogP contribution is 2.35. The standard InChI is InChI=1S/C12H20N4O2/c1-2-5-14-12(17)18-9-4-3-8(6-9)10-7-11(13)16-15-10/h7-9H,2-6H2,1H3,(H,14,17)(H3,13,15,16)/t8-,9+/m1/s1. The molecule has 100 valence electrons. The van der Waals surface area contributed by atoms with Crippen molar-refractivity contribution in [2.45, 2.75) is 44.6 Å². The molecule has 0 saturated heterocycles. The highest BCUT2D eigenvalue weighted by molar-refractivity contribution is 5.67. The number of alkyl carbamates (subject to hydrolysis) is 1. The Morgan fingerprint density at radius 2 is 2.50 bits per heavy atom. The maximum absolute atomic E-state index is 11.4. The molecule has 2 atom stereocenters. The number of hydrogen-bond donors (Lipinski definition) is 3. The Bertz CT molecular complexity index is 405. The third kappa shape index (κ3) is 3.15. The number of nitrogens with two attached hydrogens (primary N) is 1. The fraction of sp³-hybridized carbons (Fsp3) is 0.667. The van der Waals surface area contributed by atoms with Crippen LogP contribution in [0.25, 0.3) is 0 Å². The number of anilines is 1. The van der Waals surface area contributed by atoms with Gasteiger partial charge in [0.25, 0.3) is 0 Å². The van der Waals surface area contributed by atoms with Gasteiger partial charge in [-0.25, -0.2) is 4.79 Å². The molecule has 1 heterocycles. The van der Waals surface area contributed by atoms with Crippen molar-refractivity contribution in [3.8, 4) is 0 Å². The fourth-order valence-corrected chi connectivity index (χ4v) is 2.31. The minimum atomic E-state index is -0.313. The van der Waals surface area contributed by atoms with Crippen molar-refractivity contribution in [3.63, 3.8) is 0 Å². The van der Waals surface area contributed by atoms with E-state index in [1.165, 1.54) is 0 Å². The summed E-state index contributed by atoms with van der Waals surface area (Å²) in [6, 6.07) is 1.85. The second-order valence-corrected chi connectivity index (χ2v) is 4.71. The lowest BCUT2D eigenvalue weighted by Crippen LogP contribution is -2.28. The first-order valence-electron chi connectivity index (χ1n) is 6.44. The largest absolute Gasteiger partial charge is 0.446 e. The molecule has 0 bridgehead atoms. The monoisotopic (exact) mass is 252 g/mol. The van der Waals surface area contributed by atoms with Gasteiger partial charge in [-0.3, -0.25) is 5.10 Å². The van der Waals surface area contributed by atoms with Crippen molar-refractivity contribution in [1.29, 1.82) is 0 Å². The Morgan fingerprint density at radius 1 is 1.67 bits per heavy atom. The zero-order valence-electron chi connectivity index (χ0n) is 10.6. The van der Waals surface area contributed by atoms with Crippen LogP contribution in [0.5, 0.6) is 0 Å².